The number of nitrogens with zero attached hydrogens (tertiary/aromatic N) is 1. The summed E-state index contributed by atoms with van der Waals surface area (Å²) < 4.78 is 4.86. The van der Waals surface area contributed by atoms with Gasteiger partial charge in [-0.05, 0) is 51.1 Å². The Balaban J connectivity index is 2.30. The van der Waals surface area contributed by atoms with Crippen LogP contribution >= 0.6 is 0 Å². The first-order chi connectivity index (χ1) is 9.02. The number of rotatable bonds is 6. The first-order valence-corrected chi connectivity index (χ1v) is 7.59. The molecule has 2 unspecified atom stereocenters. The number of carbonyl (C=O) groups is 1. The van der Waals surface area contributed by atoms with Crippen LogP contribution in [0, 0.1) is 11.8 Å². The highest BCUT2D eigenvalue weighted by molar-refractivity contribution is 5.69. The van der Waals surface area contributed by atoms with E-state index >= 15 is 0 Å². The standard InChI is InChI=1S/C15H29NO3/c1-4-19-15(18)10-14(17)11-16-8-5-6-13(7-9-16)12(2)3/h12-14,17H,4-11H2,1-3H3. The lowest BCUT2D eigenvalue weighted by molar-refractivity contribution is -0.145. The summed E-state index contributed by atoms with van der Waals surface area (Å²) >= 11 is 0. The minimum Gasteiger partial charge on any atom is -0.466 e. The maximum absolute atomic E-state index is 11.3. The van der Waals surface area contributed by atoms with Crippen LogP contribution in [0.3, 0.4) is 0 Å². The van der Waals surface area contributed by atoms with Crippen molar-refractivity contribution in [2.45, 2.75) is 52.6 Å². The van der Waals surface area contributed by atoms with E-state index in [9.17, 15) is 9.90 Å². The van der Waals surface area contributed by atoms with Gasteiger partial charge < -0.3 is 14.7 Å². The Kier molecular flexibility index (Phi) is 7.39. The largest absolute Gasteiger partial charge is 0.466 e. The van der Waals surface area contributed by atoms with E-state index < -0.39 is 6.10 Å². The third-order valence-corrected chi connectivity index (χ3v) is 3.98. The average Bonchev–Trinajstić information content (AvgIpc) is 2.54. The molecular weight excluding hydrogens is 242 g/mol. The van der Waals surface area contributed by atoms with Gasteiger partial charge in [0.2, 0.25) is 0 Å². The summed E-state index contributed by atoms with van der Waals surface area (Å²) in [6.07, 6.45) is 3.17. The van der Waals surface area contributed by atoms with E-state index in [1.807, 2.05) is 0 Å². The molecule has 0 aliphatic carbocycles. The maximum Gasteiger partial charge on any atom is 0.308 e. The number of β-amino-alcohol motifs (C(OH)–C–C–N with tert-alkyl or cyclic N) is 1. The van der Waals surface area contributed by atoms with Crippen LogP contribution in [0.5, 0.6) is 0 Å². The first kappa shape index (κ1) is 16.4. The monoisotopic (exact) mass is 271 g/mol. The summed E-state index contributed by atoms with van der Waals surface area (Å²) in [5, 5.41) is 9.92. The highest BCUT2D eigenvalue weighted by Gasteiger charge is 2.21. The molecule has 19 heavy (non-hydrogen) atoms. The lowest BCUT2D eigenvalue weighted by atomic mass is 9.89. The van der Waals surface area contributed by atoms with Gasteiger partial charge in [-0.2, -0.15) is 0 Å². The summed E-state index contributed by atoms with van der Waals surface area (Å²) in [6, 6.07) is 0. The SMILES string of the molecule is CCOC(=O)CC(O)CN1CCCC(C(C)C)CC1. The van der Waals surface area contributed by atoms with Gasteiger partial charge in [0.05, 0.1) is 19.1 Å². The maximum atomic E-state index is 11.3. The Morgan fingerprint density at radius 3 is 2.74 bits per heavy atom. The summed E-state index contributed by atoms with van der Waals surface area (Å²) in [5.41, 5.74) is 0. The molecule has 4 nitrogen and oxygen atoms in total. The molecule has 1 rings (SSSR count). The zero-order valence-corrected chi connectivity index (χ0v) is 12.6. The van der Waals surface area contributed by atoms with Crippen LogP contribution in [-0.2, 0) is 9.53 Å². The number of ether oxygens (including phenoxy) is 1. The minimum absolute atomic E-state index is 0.109. The van der Waals surface area contributed by atoms with E-state index in [-0.39, 0.29) is 12.4 Å². The van der Waals surface area contributed by atoms with Crippen molar-refractivity contribution in [1.29, 1.82) is 0 Å². The fourth-order valence-electron chi connectivity index (χ4n) is 2.81. The number of hydrogen-bond acceptors (Lipinski definition) is 4. The molecule has 1 saturated heterocycles. The zero-order chi connectivity index (χ0) is 14.3. The predicted octanol–water partition coefficient (Wildman–Crippen LogP) is 2.06. The lowest BCUT2D eigenvalue weighted by Gasteiger charge is -2.23. The lowest BCUT2D eigenvalue weighted by Crippen LogP contribution is -2.34. The molecule has 1 aliphatic heterocycles. The van der Waals surface area contributed by atoms with Crippen molar-refractivity contribution in [2.75, 3.05) is 26.2 Å². The summed E-state index contributed by atoms with van der Waals surface area (Å²) in [7, 11) is 0. The molecule has 0 radical (unpaired) electrons. The van der Waals surface area contributed by atoms with Crippen molar-refractivity contribution in [2.24, 2.45) is 11.8 Å². The molecule has 0 aromatic heterocycles. The van der Waals surface area contributed by atoms with E-state index in [1.165, 1.54) is 19.3 Å². The average molecular weight is 271 g/mol. The predicted molar refractivity (Wildman–Crippen MR) is 75.9 cm³/mol. The molecule has 4 heteroatoms. The van der Waals surface area contributed by atoms with Gasteiger partial charge in [-0.15, -0.1) is 0 Å². The summed E-state index contributed by atoms with van der Waals surface area (Å²) in [6.45, 7) is 9.39. The molecule has 112 valence electrons. The van der Waals surface area contributed by atoms with Gasteiger partial charge in [-0.25, -0.2) is 0 Å². The van der Waals surface area contributed by atoms with Crippen molar-refractivity contribution >= 4 is 5.97 Å². The van der Waals surface area contributed by atoms with Gasteiger partial charge in [0, 0.05) is 6.54 Å². The van der Waals surface area contributed by atoms with Crippen molar-refractivity contribution < 1.29 is 14.6 Å². The van der Waals surface area contributed by atoms with Gasteiger partial charge in [-0.3, -0.25) is 4.79 Å². The quantitative estimate of drug-likeness (QED) is 0.751. The van der Waals surface area contributed by atoms with E-state index in [0.717, 1.165) is 24.9 Å². The number of likely N-dealkylation sites (tertiary alicyclic amines) is 1. The zero-order valence-electron chi connectivity index (χ0n) is 12.6. The molecule has 1 heterocycles. The fraction of sp³-hybridized carbons (Fsp3) is 0.933. The Labute approximate surface area is 117 Å². The molecule has 0 saturated carbocycles. The van der Waals surface area contributed by atoms with Crippen molar-refractivity contribution in [3.8, 4) is 0 Å². The summed E-state index contributed by atoms with van der Waals surface area (Å²) in [4.78, 5) is 13.6. The molecule has 0 amide bonds. The highest BCUT2D eigenvalue weighted by Crippen LogP contribution is 2.24. The van der Waals surface area contributed by atoms with Gasteiger partial charge >= 0.3 is 5.97 Å². The molecule has 0 bridgehead atoms. The van der Waals surface area contributed by atoms with Crippen LogP contribution in [0.15, 0.2) is 0 Å². The van der Waals surface area contributed by atoms with Crippen molar-refractivity contribution in [3.63, 3.8) is 0 Å². The first-order valence-electron chi connectivity index (χ1n) is 7.59. The topological polar surface area (TPSA) is 49.8 Å². The van der Waals surface area contributed by atoms with Crippen LogP contribution in [0.25, 0.3) is 0 Å². The molecular formula is C15H29NO3. The summed E-state index contributed by atoms with van der Waals surface area (Å²) in [5.74, 6) is 1.24. The number of esters is 1. The number of carbonyl (C=O) groups excluding carboxylic acids is 1. The van der Waals surface area contributed by atoms with E-state index in [4.69, 9.17) is 4.74 Å². The van der Waals surface area contributed by atoms with Crippen LogP contribution in [-0.4, -0.2) is 48.3 Å². The van der Waals surface area contributed by atoms with Crippen LogP contribution < -0.4 is 0 Å². The van der Waals surface area contributed by atoms with Crippen molar-refractivity contribution in [1.82, 2.24) is 4.90 Å². The third kappa shape index (κ3) is 6.39. The normalized spacial score (nSPS) is 23.1. The van der Waals surface area contributed by atoms with Gasteiger partial charge in [0.15, 0.2) is 0 Å². The van der Waals surface area contributed by atoms with E-state index in [0.29, 0.717) is 13.2 Å². The molecule has 0 spiro atoms. The van der Waals surface area contributed by atoms with Crippen LogP contribution in [0.4, 0.5) is 0 Å². The Morgan fingerprint density at radius 2 is 2.11 bits per heavy atom. The number of aliphatic hydroxyl groups excluding tert-OH is 1. The molecule has 2 atom stereocenters. The van der Waals surface area contributed by atoms with E-state index in [2.05, 4.69) is 18.7 Å². The minimum atomic E-state index is -0.602. The molecule has 0 aromatic carbocycles. The Bertz CT molecular complexity index is 268. The highest BCUT2D eigenvalue weighted by atomic mass is 16.5. The van der Waals surface area contributed by atoms with Crippen LogP contribution in [0.2, 0.25) is 0 Å². The van der Waals surface area contributed by atoms with Crippen LogP contribution in [0.1, 0.15) is 46.5 Å². The second kappa shape index (κ2) is 8.54. The fourth-order valence-corrected chi connectivity index (χ4v) is 2.81. The second-order valence-electron chi connectivity index (χ2n) is 5.90. The molecule has 0 aromatic rings. The second-order valence-corrected chi connectivity index (χ2v) is 5.90. The molecule has 1 fully saturated rings. The number of hydrogen-bond donors (Lipinski definition) is 1. The third-order valence-electron chi connectivity index (χ3n) is 3.98. The smallest absolute Gasteiger partial charge is 0.308 e. The number of aliphatic hydroxyl groups is 1. The Morgan fingerprint density at radius 1 is 1.37 bits per heavy atom. The van der Waals surface area contributed by atoms with Gasteiger partial charge in [-0.1, -0.05) is 13.8 Å². The molecule has 1 N–H and O–H groups in total. The Hall–Kier alpha value is -0.610. The van der Waals surface area contributed by atoms with Gasteiger partial charge in [0.1, 0.15) is 0 Å². The van der Waals surface area contributed by atoms with E-state index in [1.54, 1.807) is 6.92 Å². The van der Waals surface area contributed by atoms with Crippen molar-refractivity contribution in [3.05, 3.63) is 0 Å². The molecule has 1 aliphatic rings. The van der Waals surface area contributed by atoms with Gasteiger partial charge in [0.25, 0.3) is 0 Å².